The number of aliphatic carboxylic acids is 1. The molecule has 1 amide bonds. The monoisotopic (exact) mass is 317 g/mol. The number of aryl methyl sites for hydroxylation is 1. The van der Waals surface area contributed by atoms with Crippen LogP contribution in [0.15, 0.2) is 24.3 Å². The van der Waals surface area contributed by atoms with Gasteiger partial charge in [0, 0.05) is 6.54 Å². The number of rotatable bonds is 2. The van der Waals surface area contributed by atoms with Gasteiger partial charge in [-0.05, 0) is 44.2 Å². The van der Waals surface area contributed by atoms with E-state index in [1.54, 1.807) is 4.90 Å². The zero-order chi connectivity index (χ0) is 16.6. The number of ether oxygens (including phenoxy) is 1. The van der Waals surface area contributed by atoms with Crippen molar-refractivity contribution in [1.82, 2.24) is 4.90 Å². The first-order valence-corrected chi connectivity index (χ1v) is 8.18. The molecule has 1 saturated heterocycles. The number of morpholine rings is 1. The number of amides is 1. The largest absolute Gasteiger partial charge is 0.479 e. The van der Waals surface area contributed by atoms with Gasteiger partial charge < -0.3 is 14.7 Å². The van der Waals surface area contributed by atoms with Crippen molar-refractivity contribution >= 4 is 11.9 Å². The fourth-order valence-corrected chi connectivity index (χ4v) is 3.87. The van der Waals surface area contributed by atoms with Crippen molar-refractivity contribution in [3.8, 4) is 0 Å². The molecule has 0 radical (unpaired) electrons. The summed E-state index contributed by atoms with van der Waals surface area (Å²) in [5, 5.41) is 9.22. The maximum absolute atomic E-state index is 13.2. The Morgan fingerprint density at radius 2 is 2.04 bits per heavy atom. The Hall–Kier alpha value is -1.88. The Labute approximate surface area is 136 Å². The number of carbonyl (C=O) groups excluding carboxylic acids is 1. The molecule has 3 atom stereocenters. The molecule has 5 heteroatoms. The first-order chi connectivity index (χ1) is 10.9. The summed E-state index contributed by atoms with van der Waals surface area (Å²) in [4.78, 5) is 26.2. The standard InChI is InChI=1S/C18H23NO4/c1-12-10-19(11-15(23-12)16(20)21)17(22)18(2)9-5-7-13-6-3-4-8-14(13)18/h3-4,6,8,12,15H,5,7,9-11H2,1-2H3,(H,20,21)/t12-,15?,18?/m1/s1. The van der Waals surface area contributed by atoms with Gasteiger partial charge in [-0.25, -0.2) is 4.79 Å². The van der Waals surface area contributed by atoms with Gasteiger partial charge in [0.1, 0.15) is 0 Å². The molecule has 1 N–H and O–H groups in total. The first kappa shape index (κ1) is 16.0. The average Bonchev–Trinajstić information content (AvgIpc) is 2.54. The molecule has 2 unspecified atom stereocenters. The fourth-order valence-electron chi connectivity index (χ4n) is 3.87. The summed E-state index contributed by atoms with van der Waals surface area (Å²) in [6, 6.07) is 8.09. The predicted molar refractivity (Wildman–Crippen MR) is 85.3 cm³/mol. The third-order valence-corrected chi connectivity index (χ3v) is 5.03. The van der Waals surface area contributed by atoms with E-state index in [0.29, 0.717) is 6.54 Å². The number of hydrogen-bond acceptors (Lipinski definition) is 3. The number of carbonyl (C=O) groups is 2. The molecule has 0 saturated carbocycles. The lowest BCUT2D eigenvalue weighted by molar-refractivity contribution is -0.168. The molecule has 0 spiro atoms. The van der Waals surface area contributed by atoms with E-state index >= 15 is 0 Å². The fraction of sp³-hybridized carbons (Fsp3) is 0.556. The highest BCUT2D eigenvalue weighted by atomic mass is 16.5. The van der Waals surface area contributed by atoms with Crippen LogP contribution in [0.1, 0.15) is 37.8 Å². The third-order valence-electron chi connectivity index (χ3n) is 5.03. The molecule has 3 rings (SSSR count). The molecule has 0 bridgehead atoms. The van der Waals surface area contributed by atoms with Crippen LogP contribution in [-0.2, 0) is 26.2 Å². The molecule has 1 aromatic rings. The topological polar surface area (TPSA) is 66.8 Å². The zero-order valence-electron chi connectivity index (χ0n) is 13.6. The molecule has 1 aliphatic heterocycles. The maximum atomic E-state index is 13.2. The molecule has 0 aromatic heterocycles. The van der Waals surface area contributed by atoms with E-state index in [-0.39, 0.29) is 18.6 Å². The first-order valence-electron chi connectivity index (χ1n) is 8.18. The molecular weight excluding hydrogens is 294 g/mol. The quantitative estimate of drug-likeness (QED) is 0.906. The summed E-state index contributed by atoms with van der Waals surface area (Å²) >= 11 is 0. The lowest BCUT2D eigenvalue weighted by Gasteiger charge is -2.42. The second-order valence-corrected chi connectivity index (χ2v) is 6.83. The van der Waals surface area contributed by atoms with Crippen LogP contribution >= 0.6 is 0 Å². The predicted octanol–water partition coefficient (Wildman–Crippen LogP) is 1.98. The minimum Gasteiger partial charge on any atom is -0.479 e. The minimum atomic E-state index is -1.01. The van der Waals surface area contributed by atoms with Gasteiger partial charge in [-0.15, -0.1) is 0 Å². The maximum Gasteiger partial charge on any atom is 0.334 e. The van der Waals surface area contributed by atoms with Gasteiger partial charge in [0.25, 0.3) is 0 Å². The second-order valence-electron chi connectivity index (χ2n) is 6.83. The molecule has 1 aliphatic carbocycles. The molecule has 5 nitrogen and oxygen atoms in total. The summed E-state index contributed by atoms with van der Waals surface area (Å²) in [6.07, 6.45) is 1.56. The molecule has 1 heterocycles. The number of hydrogen-bond donors (Lipinski definition) is 1. The van der Waals surface area contributed by atoms with E-state index in [1.807, 2.05) is 32.0 Å². The van der Waals surface area contributed by atoms with Crippen molar-refractivity contribution in [3.63, 3.8) is 0 Å². The molecule has 124 valence electrons. The number of carboxylic acids is 1. The van der Waals surface area contributed by atoms with E-state index in [2.05, 4.69) is 6.07 Å². The SMILES string of the molecule is C[C@@H]1CN(C(=O)C2(C)CCCc3ccccc32)CC(C(=O)O)O1. The molecule has 1 fully saturated rings. The van der Waals surface area contributed by atoms with Gasteiger partial charge in [0.15, 0.2) is 6.10 Å². The summed E-state index contributed by atoms with van der Waals surface area (Å²) in [7, 11) is 0. The Bertz CT molecular complexity index is 629. The van der Waals surface area contributed by atoms with Crippen molar-refractivity contribution < 1.29 is 19.4 Å². The average molecular weight is 317 g/mol. The van der Waals surface area contributed by atoms with Gasteiger partial charge in [-0.2, -0.15) is 0 Å². The van der Waals surface area contributed by atoms with Crippen molar-refractivity contribution in [1.29, 1.82) is 0 Å². The highest BCUT2D eigenvalue weighted by molar-refractivity contribution is 5.89. The van der Waals surface area contributed by atoms with E-state index < -0.39 is 17.5 Å². The van der Waals surface area contributed by atoms with Crippen molar-refractivity contribution in [2.75, 3.05) is 13.1 Å². The lowest BCUT2D eigenvalue weighted by Crippen LogP contribution is -2.56. The summed E-state index contributed by atoms with van der Waals surface area (Å²) in [5.41, 5.74) is 1.74. The third kappa shape index (κ3) is 2.85. The normalized spacial score (nSPS) is 30.6. The molecule has 1 aromatic carbocycles. The van der Waals surface area contributed by atoms with Gasteiger partial charge in [0.05, 0.1) is 18.1 Å². The Morgan fingerprint density at radius 3 is 2.78 bits per heavy atom. The van der Waals surface area contributed by atoms with Crippen LogP contribution in [0.3, 0.4) is 0 Å². The van der Waals surface area contributed by atoms with E-state index in [4.69, 9.17) is 4.74 Å². The van der Waals surface area contributed by atoms with Crippen LogP contribution in [0, 0.1) is 0 Å². The Kier molecular flexibility index (Phi) is 4.15. The van der Waals surface area contributed by atoms with E-state index in [1.165, 1.54) is 5.56 Å². The van der Waals surface area contributed by atoms with Crippen molar-refractivity contribution in [2.24, 2.45) is 0 Å². The van der Waals surface area contributed by atoms with Crippen LogP contribution in [-0.4, -0.2) is 47.2 Å². The van der Waals surface area contributed by atoms with E-state index in [9.17, 15) is 14.7 Å². The van der Waals surface area contributed by atoms with Crippen LogP contribution < -0.4 is 0 Å². The number of nitrogens with zero attached hydrogens (tertiary/aromatic N) is 1. The Balaban J connectivity index is 1.89. The van der Waals surface area contributed by atoms with Crippen molar-refractivity contribution in [3.05, 3.63) is 35.4 Å². The zero-order valence-corrected chi connectivity index (χ0v) is 13.6. The van der Waals surface area contributed by atoms with Gasteiger partial charge >= 0.3 is 5.97 Å². The molecule has 23 heavy (non-hydrogen) atoms. The van der Waals surface area contributed by atoms with Gasteiger partial charge in [0.2, 0.25) is 5.91 Å². The number of fused-ring (bicyclic) bond motifs is 1. The van der Waals surface area contributed by atoms with E-state index in [0.717, 1.165) is 24.8 Å². The lowest BCUT2D eigenvalue weighted by atomic mass is 9.70. The summed E-state index contributed by atoms with van der Waals surface area (Å²) < 4.78 is 5.42. The van der Waals surface area contributed by atoms with Crippen molar-refractivity contribution in [2.45, 2.75) is 50.7 Å². The highest BCUT2D eigenvalue weighted by Gasteiger charge is 2.44. The minimum absolute atomic E-state index is 0.0195. The molecular formula is C18H23NO4. The summed E-state index contributed by atoms with van der Waals surface area (Å²) in [5.74, 6) is -0.991. The van der Waals surface area contributed by atoms with Crippen LogP contribution in [0.2, 0.25) is 0 Å². The van der Waals surface area contributed by atoms with Crippen LogP contribution in [0.25, 0.3) is 0 Å². The van der Waals surface area contributed by atoms with Crippen LogP contribution in [0.4, 0.5) is 0 Å². The van der Waals surface area contributed by atoms with Crippen LogP contribution in [0.5, 0.6) is 0 Å². The van der Waals surface area contributed by atoms with Gasteiger partial charge in [-0.1, -0.05) is 24.3 Å². The Morgan fingerprint density at radius 1 is 1.30 bits per heavy atom. The summed E-state index contributed by atoms with van der Waals surface area (Å²) in [6.45, 7) is 4.37. The number of benzene rings is 1. The second kappa shape index (κ2) is 5.96. The number of carboxylic acid groups (broad SMARTS) is 1. The smallest absolute Gasteiger partial charge is 0.334 e. The molecule has 2 aliphatic rings. The van der Waals surface area contributed by atoms with Gasteiger partial charge in [-0.3, -0.25) is 4.79 Å². The highest BCUT2D eigenvalue weighted by Crippen LogP contribution is 2.39.